The van der Waals surface area contributed by atoms with Crippen molar-refractivity contribution in [2.45, 2.75) is 29.5 Å². The van der Waals surface area contributed by atoms with Crippen LogP contribution in [-0.4, -0.2) is 15.5 Å². The zero-order chi connectivity index (χ0) is 18.1. The van der Waals surface area contributed by atoms with Gasteiger partial charge in [0.1, 0.15) is 3.55 Å². The van der Waals surface area contributed by atoms with Crippen LogP contribution in [0.2, 0.25) is 5.02 Å². The average molecular weight is 467 g/mol. The number of aromatic nitrogens is 2. The summed E-state index contributed by atoms with van der Waals surface area (Å²) in [5.74, 6) is 0. The highest BCUT2D eigenvalue weighted by Crippen LogP contribution is 2.40. The minimum Gasteiger partial charge on any atom is -0.312 e. The number of alkyl halides is 1. The molecule has 0 aliphatic rings. The predicted octanol–water partition coefficient (Wildman–Crippen LogP) is 4.40. The predicted molar refractivity (Wildman–Crippen MR) is 112 cm³/mol. The number of hydrogen-bond acceptors (Lipinski definition) is 4. The second-order valence-electron chi connectivity index (χ2n) is 6.57. The fourth-order valence-corrected chi connectivity index (χ4v) is 3.56. The number of rotatable bonds is 5. The molecule has 1 unspecified atom stereocenters. The van der Waals surface area contributed by atoms with Gasteiger partial charge in [0.05, 0.1) is 5.52 Å². The van der Waals surface area contributed by atoms with Crippen LogP contribution in [0.1, 0.15) is 25.0 Å². The van der Waals surface area contributed by atoms with Crippen LogP contribution in [0, 0.1) is 0 Å². The summed E-state index contributed by atoms with van der Waals surface area (Å²) in [5.41, 5.74) is 9.45. The van der Waals surface area contributed by atoms with Crippen LogP contribution in [0.4, 0.5) is 0 Å². The minimum absolute atomic E-state index is 0.378. The van der Waals surface area contributed by atoms with Crippen LogP contribution in [0.5, 0.6) is 0 Å². The number of nitrogens with two attached hydrogens (primary N) is 1. The van der Waals surface area contributed by atoms with Crippen molar-refractivity contribution in [3.8, 4) is 0 Å². The summed E-state index contributed by atoms with van der Waals surface area (Å²) in [6.07, 6.45) is 5.41. The molecule has 3 aromatic rings. The zero-order valence-electron chi connectivity index (χ0n) is 14.1. The van der Waals surface area contributed by atoms with E-state index < -0.39 is 3.55 Å². The van der Waals surface area contributed by atoms with Gasteiger partial charge in [0, 0.05) is 41.1 Å². The van der Waals surface area contributed by atoms with Crippen LogP contribution in [0.25, 0.3) is 10.9 Å². The smallest absolute Gasteiger partial charge is 0.112 e. The Balaban J connectivity index is 1.94. The highest BCUT2D eigenvalue weighted by molar-refractivity contribution is 14.1. The van der Waals surface area contributed by atoms with Crippen molar-refractivity contribution < 1.29 is 0 Å². The standard InChI is InChI=1S/C19H20ClIN4/c1-18(2,25-12-13-4-3-8-23-11-13)19(21,22)16-7-9-24-17-10-14(20)5-6-15(16)17/h3-11,25H,12,22H2,1-2H3. The number of nitrogens with zero attached hydrogens (tertiary/aromatic N) is 2. The van der Waals surface area contributed by atoms with Crippen molar-refractivity contribution in [3.63, 3.8) is 0 Å². The molecule has 25 heavy (non-hydrogen) atoms. The number of hydrogen-bond donors (Lipinski definition) is 2. The maximum Gasteiger partial charge on any atom is 0.112 e. The topological polar surface area (TPSA) is 63.8 Å². The molecule has 0 bridgehead atoms. The van der Waals surface area contributed by atoms with E-state index in [1.54, 1.807) is 12.4 Å². The molecule has 2 heterocycles. The Morgan fingerprint density at radius 1 is 1.20 bits per heavy atom. The van der Waals surface area contributed by atoms with E-state index in [-0.39, 0.29) is 5.54 Å². The SMILES string of the molecule is CC(C)(NCc1cccnc1)C(N)(I)c1ccnc2cc(Cl)ccc12. The molecule has 1 atom stereocenters. The number of benzene rings is 1. The Morgan fingerprint density at radius 3 is 2.72 bits per heavy atom. The van der Waals surface area contributed by atoms with Crippen molar-refractivity contribution in [2.75, 3.05) is 0 Å². The van der Waals surface area contributed by atoms with Gasteiger partial charge in [0.15, 0.2) is 0 Å². The van der Waals surface area contributed by atoms with Crippen LogP contribution in [-0.2, 0) is 10.1 Å². The molecule has 0 aliphatic carbocycles. The molecule has 0 spiro atoms. The summed E-state index contributed by atoms with van der Waals surface area (Å²) in [7, 11) is 0. The van der Waals surface area contributed by atoms with E-state index in [1.165, 1.54) is 0 Å². The molecule has 0 aliphatic heterocycles. The molecule has 3 N–H and O–H groups in total. The molecule has 0 amide bonds. The Labute approximate surface area is 166 Å². The molecule has 0 fully saturated rings. The fourth-order valence-electron chi connectivity index (χ4n) is 2.73. The van der Waals surface area contributed by atoms with Crippen molar-refractivity contribution in [1.82, 2.24) is 15.3 Å². The number of pyridine rings is 2. The van der Waals surface area contributed by atoms with Gasteiger partial charge in [-0.3, -0.25) is 9.97 Å². The summed E-state index contributed by atoms with van der Waals surface area (Å²) in [4.78, 5) is 8.58. The Bertz CT molecular complexity index is 881. The second kappa shape index (κ2) is 7.15. The fraction of sp³-hybridized carbons (Fsp3) is 0.263. The number of fused-ring (bicyclic) bond motifs is 1. The van der Waals surface area contributed by atoms with Crippen LogP contribution in [0.3, 0.4) is 0 Å². The van der Waals surface area contributed by atoms with Crippen molar-refractivity contribution in [3.05, 3.63) is 71.1 Å². The third-order valence-electron chi connectivity index (χ3n) is 4.46. The van der Waals surface area contributed by atoms with Crippen LogP contribution < -0.4 is 11.1 Å². The first-order chi connectivity index (χ1) is 11.8. The highest BCUT2D eigenvalue weighted by atomic mass is 127. The van der Waals surface area contributed by atoms with E-state index in [0.29, 0.717) is 11.6 Å². The van der Waals surface area contributed by atoms with Gasteiger partial charge in [0.25, 0.3) is 0 Å². The summed E-state index contributed by atoms with van der Waals surface area (Å²) in [6, 6.07) is 11.7. The van der Waals surface area contributed by atoms with Gasteiger partial charge in [0.2, 0.25) is 0 Å². The van der Waals surface area contributed by atoms with Gasteiger partial charge < -0.3 is 11.1 Å². The lowest BCUT2D eigenvalue weighted by molar-refractivity contribution is 0.307. The minimum atomic E-state index is -0.651. The van der Waals surface area contributed by atoms with Gasteiger partial charge in [-0.05, 0) is 49.2 Å². The normalized spacial score (nSPS) is 14.4. The highest BCUT2D eigenvalue weighted by Gasteiger charge is 2.41. The molecule has 0 saturated heterocycles. The molecular formula is C19H20ClIN4. The van der Waals surface area contributed by atoms with Crippen molar-refractivity contribution in [1.29, 1.82) is 0 Å². The average Bonchev–Trinajstić information content (AvgIpc) is 2.60. The maximum absolute atomic E-state index is 6.83. The van der Waals surface area contributed by atoms with E-state index in [2.05, 4.69) is 51.7 Å². The summed E-state index contributed by atoms with van der Waals surface area (Å²) >= 11 is 8.42. The molecule has 0 radical (unpaired) electrons. The summed E-state index contributed by atoms with van der Waals surface area (Å²) < 4.78 is -0.651. The maximum atomic E-state index is 6.83. The summed E-state index contributed by atoms with van der Waals surface area (Å²) in [5, 5.41) is 5.25. The summed E-state index contributed by atoms with van der Waals surface area (Å²) in [6.45, 7) is 4.91. The Hall–Kier alpha value is -1.28. The first-order valence-corrected chi connectivity index (χ1v) is 9.43. The molecule has 2 aromatic heterocycles. The van der Waals surface area contributed by atoms with Gasteiger partial charge in [-0.2, -0.15) is 0 Å². The van der Waals surface area contributed by atoms with Gasteiger partial charge >= 0.3 is 0 Å². The lowest BCUT2D eigenvalue weighted by atomic mass is 9.87. The monoisotopic (exact) mass is 466 g/mol. The lowest BCUT2D eigenvalue weighted by Gasteiger charge is -2.41. The first kappa shape index (κ1) is 18.5. The molecule has 130 valence electrons. The molecule has 6 heteroatoms. The third kappa shape index (κ3) is 3.79. The third-order valence-corrected chi connectivity index (χ3v) is 6.63. The van der Waals surface area contributed by atoms with Gasteiger partial charge in [-0.1, -0.05) is 46.3 Å². The quantitative estimate of drug-likeness (QED) is 0.332. The number of nitrogens with one attached hydrogen (secondary N) is 1. The van der Waals surface area contributed by atoms with E-state index in [9.17, 15) is 0 Å². The van der Waals surface area contributed by atoms with Crippen molar-refractivity contribution >= 4 is 45.1 Å². The Morgan fingerprint density at radius 2 is 2.00 bits per heavy atom. The van der Waals surface area contributed by atoms with E-state index in [0.717, 1.165) is 22.0 Å². The zero-order valence-corrected chi connectivity index (χ0v) is 17.0. The van der Waals surface area contributed by atoms with E-state index in [1.807, 2.05) is 42.6 Å². The molecule has 4 nitrogen and oxygen atoms in total. The second-order valence-corrected chi connectivity index (χ2v) is 8.71. The van der Waals surface area contributed by atoms with Gasteiger partial charge in [-0.15, -0.1) is 0 Å². The van der Waals surface area contributed by atoms with Gasteiger partial charge in [-0.25, -0.2) is 0 Å². The Kier molecular flexibility index (Phi) is 5.29. The van der Waals surface area contributed by atoms with Crippen LogP contribution >= 0.6 is 34.2 Å². The lowest BCUT2D eigenvalue weighted by Crippen LogP contribution is -2.58. The van der Waals surface area contributed by atoms with E-state index in [4.69, 9.17) is 17.3 Å². The largest absolute Gasteiger partial charge is 0.312 e. The molecule has 0 saturated carbocycles. The molecule has 3 rings (SSSR count). The number of halogens is 2. The molecular weight excluding hydrogens is 447 g/mol. The van der Waals surface area contributed by atoms with E-state index >= 15 is 0 Å². The molecule has 1 aromatic carbocycles. The first-order valence-electron chi connectivity index (χ1n) is 7.98. The van der Waals surface area contributed by atoms with Crippen molar-refractivity contribution in [2.24, 2.45) is 5.73 Å². The van der Waals surface area contributed by atoms with Crippen LogP contribution in [0.15, 0.2) is 55.0 Å².